The third-order valence-electron chi connectivity index (χ3n) is 5.79. The van der Waals surface area contributed by atoms with Crippen LogP contribution in [0.4, 0.5) is 0 Å². The summed E-state index contributed by atoms with van der Waals surface area (Å²) >= 11 is 5.07. The fraction of sp³-hybridized carbons (Fsp3) is 0.290. The molecule has 6 heteroatoms. The molecule has 0 N–H and O–H groups in total. The molecule has 0 fully saturated rings. The van der Waals surface area contributed by atoms with Gasteiger partial charge in [-0.25, -0.2) is 0 Å². The van der Waals surface area contributed by atoms with Gasteiger partial charge in [-0.2, -0.15) is 0 Å². The standard InChI is InChI=1S/C25H21BrO3S2.C6H14/c1-30-23(31(2)27)15-19-9-6-10-21(18-7-4-3-5-8-18)24(19)29-16-17-13-20-11-12-28-25(20)22(26)14-17;1-3-5-6-4-2/h3-15H,16H2,1-2H3;3-6H2,1-2H3/b23-15+;. The Bertz CT molecular complexity index is 1330. The second kappa shape index (κ2) is 15.2. The van der Waals surface area contributed by atoms with Crippen LogP contribution in [0.2, 0.25) is 0 Å². The summed E-state index contributed by atoms with van der Waals surface area (Å²) in [6.07, 6.45) is 12.8. The molecule has 0 bridgehead atoms. The summed E-state index contributed by atoms with van der Waals surface area (Å²) in [7, 11) is -1.07. The van der Waals surface area contributed by atoms with Crippen molar-refractivity contribution in [2.24, 2.45) is 0 Å². The van der Waals surface area contributed by atoms with Crippen LogP contribution in [-0.4, -0.2) is 16.7 Å². The van der Waals surface area contributed by atoms with Crippen LogP contribution in [-0.2, 0) is 17.4 Å². The number of rotatable bonds is 10. The number of ether oxygens (including phenoxy) is 1. The maximum Gasteiger partial charge on any atom is 0.148 e. The van der Waals surface area contributed by atoms with Gasteiger partial charge in [0.15, 0.2) is 0 Å². The molecule has 4 aromatic rings. The van der Waals surface area contributed by atoms with Crippen LogP contribution in [0.15, 0.2) is 86.1 Å². The van der Waals surface area contributed by atoms with Crippen molar-refractivity contribution in [3.63, 3.8) is 0 Å². The van der Waals surface area contributed by atoms with Crippen LogP contribution in [0.1, 0.15) is 50.7 Å². The lowest BCUT2D eigenvalue weighted by atomic mass is 10.0. The molecule has 3 aromatic carbocycles. The molecule has 0 aliphatic heterocycles. The number of benzene rings is 3. The zero-order valence-corrected chi connectivity index (χ0v) is 25.2. The molecular formula is C31H35BrO3S2. The minimum Gasteiger partial charge on any atom is -0.488 e. The van der Waals surface area contributed by atoms with E-state index in [1.165, 1.54) is 37.4 Å². The van der Waals surface area contributed by atoms with Gasteiger partial charge in [0.1, 0.15) is 17.9 Å². The summed E-state index contributed by atoms with van der Waals surface area (Å²) in [5, 5.41) is 1.02. The van der Waals surface area contributed by atoms with Crippen molar-refractivity contribution in [2.75, 3.05) is 12.5 Å². The number of fused-ring (bicyclic) bond motifs is 1. The molecule has 0 spiro atoms. The van der Waals surface area contributed by atoms with E-state index < -0.39 is 10.8 Å². The lowest BCUT2D eigenvalue weighted by Gasteiger charge is -2.16. The van der Waals surface area contributed by atoms with Gasteiger partial charge in [0.2, 0.25) is 0 Å². The number of para-hydroxylation sites is 1. The Hall–Kier alpha value is -2.28. The summed E-state index contributed by atoms with van der Waals surface area (Å²) in [5.41, 5.74) is 4.84. The summed E-state index contributed by atoms with van der Waals surface area (Å²) in [4.78, 5) is 0. The zero-order valence-electron chi connectivity index (χ0n) is 22.0. The molecule has 0 saturated carbocycles. The van der Waals surface area contributed by atoms with Gasteiger partial charge in [-0.1, -0.05) is 88.1 Å². The van der Waals surface area contributed by atoms with Crippen LogP contribution >= 0.6 is 27.7 Å². The smallest absolute Gasteiger partial charge is 0.148 e. The molecule has 0 aliphatic carbocycles. The van der Waals surface area contributed by atoms with Gasteiger partial charge < -0.3 is 9.15 Å². The highest BCUT2D eigenvalue weighted by Gasteiger charge is 2.14. The van der Waals surface area contributed by atoms with Gasteiger partial charge in [0, 0.05) is 22.8 Å². The fourth-order valence-electron chi connectivity index (χ4n) is 3.90. The Kier molecular flexibility index (Phi) is 12.0. The second-order valence-corrected chi connectivity index (χ2v) is 11.9. The van der Waals surface area contributed by atoms with E-state index in [0.29, 0.717) is 6.61 Å². The Labute approximate surface area is 236 Å². The average Bonchev–Trinajstić information content (AvgIpc) is 3.39. The number of thioether (sulfide) groups is 1. The minimum absolute atomic E-state index is 0.397. The van der Waals surface area contributed by atoms with E-state index in [2.05, 4.69) is 54.0 Å². The first-order chi connectivity index (χ1) is 18.0. The molecular weight excluding hydrogens is 564 g/mol. The average molecular weight is 600 g/mol. The summed E-state index contributed by atoms with van der Waals surface area (Å²) in [5.74, 6) is 0.772. The molecule has 0 amide bonds. The molecule has 0 aliphatic rings. The van der Waals surface area contributed by atoms with Gasteiger partial charge in [-0.05, 0) is 57.6 Å². The zero-order chi connectivity index (χ0) is 26.6. The van der Waals surface area contributed by atoms with Crippen molar-refractivity contribution in [2.45, 2.75) is 46.1 Å². The van der Waals surface area contributed by atoms with Crippen LogP contribution < -0.4 is 4.74 Å². The second-order valence-electron chi connectivity index (χ2n) is 8.62. The molecule has 0 saturated heterocycles. The minimum atomic E-state index is -1.07. The first-order valence-corrected chi connectivity index (χ1v) is 16.1. The van der Waals surface area contributed by atoms with Crippen LogP contribution in [0.25, 0.3) is 28.2 Å². The summed E-state index contributed by atoms with van der Waals surface area (Å²) in [6.45, 7) is 4.86. The molecule has 1 atom stereocenters. The van der Waals surface area contributed by atoms with Gasteiger partial charge in [0.25, 0.3) is 0 Å². The third kappa shape index (κ3) is 8.36. The summed E-state index contributed by atoms with van der Waals surface area (Å²) in [6, 6.07) is 22.2. The van der Waals surface area contributed by atoms with E-state index >= 15 is 0 Å². The Morgan fingerprint density at radius 3 is 2.41 bits per heavy atom. The van der Waals surface area contributed by atoms with E-state index in [0.717, 1.165) is 47.7 Å². The molecule has 3 nitrogen and oxygen atoms in total. The third-order valence-corrected chi connectivity index (χ3v) is 8.79. The molecule has 0 radical (unpaired) electrons. The van der Waals surface area contributed by atoms with E-state index in [4.69, 9.17) is 9.15 Å². The predicted molar refractivity (Wildman–Crippen MR) is 165 cm³/mol. The van der Waals surface area contributed by atoms with Crippen LogP contribution in [0.5, 0.6) is 5.75 Å². The van der Waals surface area contributed by atoms with Gasteiger partial charge in [-0.15, -0.1) is 11.8 Å². The molecule has 4 rings (SSSR count). The lowest BCUT2D eigenvalue weighted by Crippen LogP contribution is -2.00. The molecule has 37 heavy (non-hydrogen) atoms. The maximum absolute atomic E-state index is 12.1. The monoisotopic (exact) mass is 598 g/mol. The van der Waals surface area contributed by atoms with Gasteiger partial charge in [-0.3, -0.25) is 4.21 Å². The Balaban J connectivity index is 0.000000568. The maximum atomic E-state index is 12.1. The number of hydrogen-bond acceptors (Lipinski definition) is 4. The quantitative estimate of drug-likeness (QED) is 0.170. The number of furan rings is 1. The number of hydrogen-bond donors (Lipinski definition) is 0. The van der Waals surface area contributed by atoms with Crippen molar-refractivity contribution in [3.8, 4) is 16.9 Å². The largest absolute Gasteiger partial charge is 0.488 e. The van der Waals surface area contributed by atoms with Crippen molar-refractivity contribution in [1.82, 2.24) is 0 Å². The van der Waals surface area contributed by atoms with Crippen molar-refractivity contribution in [1.29, 1.82) is 0 Å². The highest BCUT2D eigenvalue weighted by Crippen LogP contribution is 2.37. The molecule has 1 unspecified atom stereocenters. The Morgan fingerprint density at radius 2 is 1.76 bits per heavy atom. The van der Waals surface area contributed by atoms with Crippen LogP contribution in [0, 0.1) is 0 Å². The highest BCUT2D eigenvalue weighted by molar-refractivity contribution is 9.10. The van der Waals surface area contributed by atoms with E-state index in [-0.39, 0.29) is 0 Å². The van der Waals surface area contributed by atoms with Crippen LogP contribution in [0.3, 0.4) is 0 Å². The molecule has 1 heterocycles. The van der Waals surface area contributed by atoms with E-state index in [9.17, 15) is 4.21 Å². The lowest BCUT2D eigenvalue weighted by molar-refractivity contribution is 0.307. The highest BCUT2D eigenvalue weighted by atomic mass is 79.9. The topological polar surface area (TPSA) is 39.4 Å². The molecule has 1 aromatic heterocycles. The van der Waals surface area contributed by atoms with Crippen molar-refractivity contribution in [3.05, 3.63) is 92.8 Å². The first kappa shape index (κ1) is 29.3. The van der Waals surface area contributed by atoms with Gasteiger partial charge >= 0.3 is 0 Å². The fourth-order valence-corrected chi connectivity index (χ4v) is 5.99. The van der Waals surface area contributed by atoms with Crippen molar-refractivity contribution < 1.29 is 13.4 Å². The SMILES string of the molecule is CCCCCC.CS/C(=C\c1cccc(-c2ccccc2)c1OCc1cc(Br)c2occc2c1)S(C)=O. The number of halogens is 1. The summed E-state index contributed by atoms with van der Waals surface area (Å²) < 4.78 is 25.8. The predicted octanol–water partition coefficient (Wildman–Crippen LogP) is 10.1. The number of unbranched alkanes of at least 4 members (excludes halogenated alkanes) is 3. The Morgan fingerprint density at radius 1 is 1.03 bits per heavy atom. The first-order valence-electron chi connectivity index (χ1n) is 12.5. The van der Waals surface area contributed by atoms with E-state index in [1.54, 1.807) is 12.5 Å². The van der Waals surface area contributed by atoms with Crippen molar-refractivity contribution >= 4 is 55.5 Å². The van der Waals surface area contributed by atoms with E-state index in [1.807, 2.05) is 54.8 Å². The normalized spacial score (nSPS) is 12.2. The van der Waals surface area contributed by atoms with Gasteiger partial charge in [0.05, 0.1) is 25.8 Å². The molecule has 196 valence electrons.